The van der Waals surface area contributed by atoms with Crippen LogP contribution >= 0.6 is 23.2 Å². The van der Waals surface area contributed by atoms with Crippen LogP contribution in [-0.2, 0) is 6.54 Å². The molecule has 18 heavy (non-hydrogen) atoms. The number of halogens is 3. The summed E-state index contributed by atoms with van der Waals surface area (Å²) >= 11 is 11.6. The van der Waals surface area contributed by atoms with Gasteiger partial charge in [-0.3, -0.25) is 0 Å². The van der Waals surface area contributed by atoms with Gasteiger partial charge in [-0.1, -0.05) is 35.3 Å². The third kappa shape index (κ3) is 2.86. The topological polar surface area (TPSA) is 38.0 Å². The molecule has 0 aromatic heterocycles. The Kier molecular flexibility index (Phi) is 3.94. The van der Waals surface area contributed by atoms with Crippen molar-refractivity contribution in [1.29, 1.82) is 0 Å². The van der Waals surface area contributed by atoms with Crippen molar-refractivity contribution in [2.45, 2.75) is 6.54 Å². The second-order valence-corrected chi connectivity index (χ2v) is 4.62. The van der Waals surface area contributed by atoms with E-state index >= 15 is 0 Å². The fourth-order valence-electron chi connectivity index (χ4n) is 1.54. The number of rotatable bonds is 3. The molecule has 94 valence electrons. The van der Waals surface area contributed by atoms with Crippen LogP contribution in [0.15, 0.2) is 36.4 Å². The Labute approximate surface area is 115 Å². The molecule has 0 saturated carbocycles. The average Bonchev–Trinajstić information content (AvgIpc) is 2.35. The van der Waals surface area contributed by atoms with Crippen LogP contribution in [0.25, 0.3) is 0 Å². The third-order valence-electron chi connectivity index (χ3n) is 2.52. The first-order chi connectivity index (χ1) is 8.58. The highest BCUT2D eigenvalue weighted by Crippen LogP contribution is 2.27. The SMILES string of the molecule is Nc1c(Cl)cccc1NCc1ccc(F)c(Cl)c1. The lowest BCUT2D eigenvalue weighted by Crippen LogP contribution is -2.02. The maximum absolute atomic E-state index is 13.0. The number of para-hydroxylation sites is 1. The van der Waals surface area contributed by atoms with Crippen LogP contribution in [0.1, 0.15) is 5.56 Å². The van der Waals surface area contributed by atoms with Crippen LogP contribution in [0.5, 0.6) is 0 Å². The van der Waals surface area contributed by atoms with Crippen LogP contribution in [0.3, 0.4) is 0 Å². The van der Waals surface area contributed by atoms with E-state index in [9.17, 15) is 4.39 Å². The molecule has 0 bridgehead atoms. The zero-order chi connectivity index (χ0) is 13.1. The summed E-state index contributed by atoms with van der Waals surface area (Å²) in [5, 5.41) is 3.73. The molecule has 0 saturated heterocycles. The molecule has 2 aromatic carbocycles. The van der Waals surface area contributed by atoms with E-state index in [1.54, 1.807) is 24.3 Å². The predicted octanol–water partition coefficient (Wildman–Crippen LogP) is 4.33. The normalized spacial score (nSPS) is 10.4. The van der Waals surface area contributed by atoms with E-state index in [2.05, 4.69) is 5.32 Å². The molecule has 3 N–H and O–H groups in total. The van der Waals surface area contributed by atoms with Crippen molar-refractivity contribution in [3.8, 4) is 0 Å². The van der Waals surface area contributed by atoms with Gasteiger partial charge in [0, 0.05) is 6.54 Å². The first-order valence-corrected chi connectivity index (χ1v) is 6.05. The predicted molar refractivity (Wildman–Crippen MR) is 74.6 cm³/mol. The van der Waals surface area contributed by atoms with E-state index in [0.29, 0.717) is 17.3 Å². The lowest BCUT2D eigenvalue weighted by Gasteiger charge is -2.10. The molecule has 0 aliphatic rings. The maximum Gasteiger partial charge on any atom is 0.141 e. The lowest BCUT2D eigenvalue weighted by atomic mass is 10.2. The molecule has 0 heterocycles. The Hall–Kier alpha value is -1.45. The zero-order valence-corrected chi connectivity index (χ0v) is 10.9. The summed E-state index contributed by atoms with van der Waals surface area (Å²) < 4.78 is 13.0. The minimum absolute atomic E-state index is 0.105. The smallest absolute Gasteiger partial charge is 0.141 e. The summed E-state index contributed by atoms with van der Waals surface area (Å²) in [6.45, 7) is 0.491. The highest BCUT2D eigenvalue weighted by Gasteiger charge is 2.04. The highest BCUT2D eigenvalue weighted by atomic mass is 35.5. The molecule has 5 heteroatoms. The maximum atomic E-state index is 13.0. The van der Waals surface area contributed by atoms with Gasteiger partial charge in [-0.15, -0.1) is 0 Å². The van der Waals surface area contributed by atoms with E-state index in [1.807, 2.05) is 6.07 Å². The standard InChI is InChI=1S/C13H11Cl2FN2/c14-9-2-1-3-12(13(9)17)18-7-8-4-5-11(16)10(15)6-8/h1-6,18H,7,17H2. The summed E-state index contributed by atoms with van der Waals surface area (Å²) in [5.41, 5.74) is 7.91. The van der Waals surface area contributed by atoms with Crippen LogP contribution in [-0.4, -0.2) is 0 Å². The lowest BCUT2D eigenvalue weighted by molar-refractivity contribution is 0.627. The Balaban J connectivity index is 2.11. The Bertz CT molecular complexity index is 573. The van der Waals surface area contributed by atoms with Crippen molar-refractivity contribution in [2.75, 3.05) is 11.1 Å². The second-order valence-electron chi connectivity index (χ2n) is 3.80. The largest absolute Gasteiger partial charge is 0.396 e. The van der Waals surface area contributed by atoms with Crippen LogP contribution in [0.2, 0.25) is 10.0 Å². The van der Waals surface area contributed by atoms with Gasteiger partial charge in [0.1, 0.15) is 5.82 Å². The van der Waals surface area contributed by atoms with Crippen LogP contribution in [0.4, 0.5) is 15.8 Å². The van der Waals surface area contributed by atoms with E-state index in [1.165, 1.54) is 6.07 Å². The van der Waals surface area contributed by atoms with Crippen molar-refractivity contribution >= 4 is 34.6 Å². The third-order valence-corrected chi connectivity index (χ3v) is 3.14. The average molecular weight is 285 g/mol. The van der Waals surface area contributed by atoms with Crippen molar-refractivity contribution in [3.05, 3.63) is 57.8 Å². The minimum Gasteiger partial charge on any atom is -0.396 e. The quantitative estimate of drug-likeness (QED) is 0.824. The van der Waals surface area contributed by atoms with E-state index in [-0.39, 0.29) is 5.02 Å². The molecule has 2 rings (SSSR count). The van der Waals surface area contributed by atoms with E-state index < -0.39 is 5.82 Å². The van der Waals surface area contributed by atoms with Crippen LogP contribution < -0.4 is 11.1 Å². The van der Waals surface area contributed by atoms with Gasteiger partial charge in [0.25, 0.3) is 0 Å². The first-order valence-electron chi connectivity index (χ1n) is 5.29. The summed E-state index contributed by atoms with van der Waals surface area (Å²) in [5.74, 6) is -0.428. The van der Waals surface area contributed by atoms with Gasteiger partial charge < -0.3 is 11.1 Å². The molecule has 2 aromatic rings. The molecule has 0 unspecified atom stereocenters. The zero-order valence-electron chi connectivity index (χ0n) is 9.38. The van der Waals surface area contributed by atoms with Crippen molar-refractivity contribution in [3.63, 3.8) is 0 Å². The fourth-order valence-corrected chi connectivity index (χ4v) is 1.92. The molecule has 0 spiro atoms. The molecule has 0 radical (unpaired) electrons. The van der Waals surface area contributed by atoms with Crippen molar-refractivity contribution in [1.82, 2.24) is 0 Å². The first kappa shape index (κ1) is 13.0. The number of nitrogens with two attached hydrogens (primary N) is 1. The number of nitrogen functional groups attached to an aromatic ring is 1. The van der Waals surface area contributed by atoms with Gasteiger partial charge in [0.05, 0.1) is 21.4 Å². The Morgan fingerprint density at radius 3 is 2.61 bits per heavy atom. The highest BCUT2D eigenvalue weighted by molar-refractivity contribution is 6.33. The summed E-state index contributed by atoms with van der Waals surface area (Å²) in [6, 6.07) is 9.92. The fraction of sp³-hybridized carbons (Fsp3) is 0.0769. The Morgan fingerprint density at radius 1 is 1.11 bits per heavy atom. The number of hydrogen-bond donors (Lipinski definition) is 2. The summed E-state index contributed by atoms with van der Waals surface area (Å²) in [6.07, 6.45) is 0. The second kappa shape index (κ2) is 5.46. The molecular formula is C13H11Cl2FN2. The summed E-state index contributed by atoms with van der Waals surface area (Å²) in [7, 11) is 0. The molecule has 0 amide bonds. The molecule has 2 nitrogen and oxygen atoms in total. The van der Waals surface area contributed by atoms with Gasteiger partial charge in [-0.2, -0.15) is 0 Å². The molecule has 0 aliphatic heterocycles. The van der Waals surface area contributed by atoms with Gasteiger partial charge in [-0.25, -0.2) is 4.39 Å². The number of benzene rings is 2. The van der Waals surface area contributed by atoms with Gasteiger partial charge >= 0.3 is 0 Å². The Morgan fingerprint density at radius 2 is 1.89 bits per heavy atom. The molecule has 0 fully saturated rings. The van der Waals surface area contributed by atoms with E-state index in [0.717, 1.165) is 11.3 Å². The van der Waals surface area contributed by atoms with Gasteiger partial charge in [0.2, 0.25) is 0 Å². The summed E-state index contributed by atoms with van der Waals surface area (Å²) in [4.78, 5) is 0. The minimum atomic E-state index is -0.428. The number of hydrogen-bond acceptors (Lipinski definition) is 2. The van der Waals surface area contributed by atoms with Crippen molar-refractivity contribution in [2.24, 2.45) is 0 Å². The van der Waals surface area contributed by atoms with E-state index in [4.69, 9.17) is 28.9 Å². The van der Waals surface area contributed by atoms with Gasteiger partial charge in [0.15, 0.2) is 0 Å². The number of anilines is 2. The molecule has 0 aliphatic carbocycles. The monoisotopic (exact) mass is 284 g/mol. The van der Waals surface area contributed by atoms with Gasteiger partial charge in [-0.05, 0) is 29.8 Å². The van der Waals surface area contributed by atoms with Crippen molar-refractivity contribution < 1.29 is 4.39 Å². The number of nitrogens with one attached hydrogen (secondary N) is 1. The molecular weight excluding hydrogens is 274 g/mol. The molecule has 0 atom stereocenters. The van der Waals surface area contributed by atoms with Crippen LogP contribution in [0, 0.1) is 5.82 Å².